The standard InChI is InChI=1S/C16H32N2O3/c1-4-5-6-7-8-10-17-14(20)9-11-18-15(21)12-16(2,3)13-19/h19H,4-13H2,1-3H3,(H,17,20)(H,18,21). The SMILES string of the molecule is CCCCCCCNC(=O)CCNC(=O)CC(C)(C)CO. The molecule has 0 heterocycles. The molecule has 5 nitrogen and oxygen atoms in total. The number of hydrogen-bond acceptors (Lipinski definition) is 3. The van der Waals surface area contributed by atoms with Crippen LogP contribution in [0.3, 0.4) is 0 Å². The van der Waals surface area contributed by atoms with Crippen LogP contribution in [-0.2, 0) is 9.59 Å². The van der Waals surface area contributed by atoms with Crippen LogP contribution in [0.15, 0.2) is 0 Å². The molecule has 0 spiro atoms. The van der Waals surface area contributed by atoms with Crippen molar-refractivity contribution in [1.29, 1.82) is 0 Å². The molecule has 0 aliphatic rings. The van der Waals surface area contributed by atoms with E-state index in [-0.39, 0.29) is 24.8 Å². The van der Waals surface area contributed by atoms with Crippen molar-refractivity contribution in [3.8, 4) is 0 Å². The molecule has 0 aromatic heterocycles. The molecule has 0 aliphatic heterocycles. The molecule has 0 rings (SSSR count). The van der Waals surface area contributed by atoms with E-state index < -0.39 is 5.41 Å². The van der Waals surface area contributed by atoms with Gasteiger partial charge in [0.2, 0.25) is 11.8 Å². The van der Waals surface area contributed by atoms with E-state index in [0.717, 1.165) is 12.8 Å². The van der Waals surface area contributed by atoms with Crippen LogP contribution >= 0.6 is 0 Å². The Labute approximate surface area is 128 Å². The van der Waals surface area contributed by atoms with Gasteiger partial charge in [0.25, 0.3) is 0 Å². The Bertz CT molecular complexity index is 304. The second-order valence-corrected chi connectivity index (χ2v) is 6.36. The molecule has 0 aromatic carbocycles. The summed E-state index contributed by atoms with van der Waals surface area (Å²) in [7, 11) is 0. The summed E-state index contributed by atoms with van der Waals surface area (Å²) in [6, 6.07) is 0. The van der Waals surface area contributed by atoms with E-state index in [9.17, 15) is 9.59 Å². The molecule has 0 bridgehead atoms. The highest BCUT2D eigenvalue weighted by molar-refractivity contribution is 5.79. The Balaban J connectivity index is 3.55. The highest BCUT2D eigenvalue weighted by Crippen LogP contribution is 2.18. The number of rotatable bonds is 12. The van der Waals surface area contributed by atoms with Crippen LogP contribution in [0.2, 0.25) is 0 Å². The summed E-state index contributed by atoms with van der Waals surface area (Å²) in [5, 5.41) is 14.7. The Hall–Kier alpha value is -1.10. The first kappa shape index (κ1) is 19.9. The van der Waals surface area contributed by atoms with Gasteiger partial charge in [-0.05, 0) is 11.8 Å². The second-order valence-electron chi connectivity index (χ2n) is 6.36. The van der Waals surface area contributed by atoms with Gasteiger partial charge in [-0.15, -0.1) is 0 Å². The number of carbonyl (C=O) groups is 2. The normalized spacial score (nSPS) is 11.2. The molecule has 0 aromatic rings. The maximum absolute atomic E-state index is 11.6. The summed E-state index contributed by atoms with van der Waals surface area (Å²) in [5.41, 5.74) is -0.412. The lowest BCUT2D eigenvalue weighted by Gasteiger charge is -2.20. The van der Waals surface area contributed by atoms with Crippen molar-refractivity contribution in [1.82, 2.24) is 10.6 Å². The van der Waals surface area contributed by atoms with Gasteiger partial charge in [-0.2, -0.15) is 0 Å². The highest BCUT2D eigenvalue weighted by Gasteiger charge is 2.20. The van der Waals surface area contributed by atoms with Gasteiger partial charge >= 0.3 is 0 Å². The van der Waals surface area contributed by atoms with Crippen LogP contribution in [0.1, 0.15) is 65.7 Å². The number of unbranched alkanes of at least 4 members (excludes halogenated alkanes) is 4. The molecule has 0 atom stereocenters. The van der Waals surface area contributed by atoms with Crippen LogP contribution in [0.4, 0.5) is 0 Å². The molecular weight excluding hydrogens is 268 g/mol. The van der Waals surface area contributed by atoms with Gasteiger partial charge in [-0.1, -0.05) is 46.5 Å². The van der Waals surface area contributed by atoms with E-state index in [4.69, 9.17) is 5.11 Å². The highest BCUT2D eigenvalue weighted by atomic mass is 16.3. The van der Waals surface area contributed by atoms with Crippen LogP contribution in [0.5, 0.6) is 0 Å². The van der Waals surface area contributed by atoms with E-state index in [2.05, 4.69) is 17.6 Å². The minimum atomic E-state index is -0.412. The minimum Gasteiger partial charge on any atom is -0.396 e. The Morgan fingerprint density at radius 3 is 2.19 bits per heavy atom. The quantitative estimate of drug-likeness (QED) is 0.482. The van der Waals surface area contributed by atoms with Gasteiger partial charge in [0, 0.05) is 32.5 Å². The predicted molar refractivity (Wildman–Crippen MR) is 84.9 cm³/mol. The van der Waals surface area contributed by atoms with Gasteiger partial charge in [-0.25, -0.2) is 0 Å². The number of aliphatic hydroxyl groups excluding tert-OH is 1. The summed E-state index contributed by atoms with van der Waals surface area (Å²) >= 11 is 0. The van der Waals surface area contributed by atoms with Crippen LogP contribution in [-0.4, -0.2) is 36.6 Å². The summed E-state index contributed by atoms with van der Waals surface area (Å²) in [6.07, 6.45) is 6.44. The lowest BCUT2D eigenvalue weighted by Crippen LogP contribution is -2.34. The van der Waals surface area contributed by atoms with Gasteiger partial charge in [0.1, 0.15) is 0 Å². The molecule has 0 radical (unpaired) electrons. The molecule has 124 valence electrons. The van der Waals surface area contributed by atoms with Gasteiger partial charge in [0.15, 0.2) is 0 Å². The van der Waals surface area contributed by atoms with Crippen molar-refractivity contribution in [3.63, 3.8) is 0 Å². The number of nitrogens with one attached hydrogen (secondary N) is 2. The fourth-order valence-corrected chi connectivity index (χ4v) is 1.91. The maximum Gasteiger partial charge on any atom is 0.221 e. The fraction of sp³-hybridized carbons (Fsp3) is 0.875. The van der Waals surface area contributed by atoms with E-state index in [1.54, 1.807) is 0 Å². The topological polar surface area (TPSA) is 78.4 Å². The Kier molecular flexibility index (Phi) is 10.9. The predicted octanol–water partition coefficient (Wildman–Crippen LogP) is 1.99. The van der Waals surface area contributed by atoms with Crippen molar-refractivity contribution in [3.05, 3.63) is 0 Å². The van der Waals surface area contributed by atoms with Crippen LogP contribution < -0.4 is 10.6 Å². The van der Waals surface area contributed by atoms with Crippen molar-refractivity contribution in [2.45, 2.75) is 65.7 Å². The molecule has 0 saturated carbocycles. The summed E-state index contributed by atoms with van der Waals surface area (Å²) in [6.45, 7) is 6.88. The first-order valence-electron chi connectivity index (χ1n) is 8.05. The third kappa shape index (κ3) is 12.4. The first-order valence-corrected chi connectivity index (χ1v) is 8.05. The molecule has 0 fully saturated rings. The lowest BCUT2D eigenvalue weighted by atomic mass is 9.90. The Morgan fingerprint density at radius 1 is 0.952 bits per heavy atom. The van der Waals surface area contributed by atoms with Crippen molar-refractivity contribution < 1.29 is 14.7 Å². The number of hydrogen-bond donors (Lipinski definition) is 3. The minimum absolute atomic E-state index is 0.0211. The average Bonchev–Trinajstić information content (AvgIpc) is 2.42. The lowest BCUT2D eigenvalue weighted by molar-refractivity contribution is -0.124. The van der Waals surface area contributed by atoms with E-state index >= 15 is 0 Å². The van der Waals surface area contributed by atoms with Gasteiger partial charge in [0.05, 0.1) is 0 Å². The zero-order valence-electron chi connectivity index (χ0n) is 13.8. The Morgan fingerprint density at radius 2 is 1.57 bits per heavy atom. The molecule has 21 heavy (non-hydrogen) atoms. The number of amides is 2. The molecule has 2 amide bonds. The fourth-order valence-electron chi connectivity index (χ4n) is 1.91. The first-order chi connectivity index (χ1) is 9.91. The second kappa shape index (κ2) is 11.5. The van der Waals surface area contributed by atoms with Gasteiger partial charge in [-0.3, -0.25) is 9.59 Å². The zero-order valence-corrected chi connectivity index (χ0v) is 13.8. The van der Waals surface area contributed by atoms with E-state index in [0.29, 0.717) is 19.5 Å². The van der Waals surface area contributed by atoms with Crippen LogP contribution in [0.25, 0.3) is 0 Å². The van der Waals surface area contributed by atoms with Crippen molar-refractivity contribution >= 4 is 11.8 Å². The van der Waals surface area contributed by atoms with E-state index in [1.807, 2.05) is 13.8 Å². The number of carbonyl (C=O) groups excluding carboxylic acids is 2. The summed E-state index contributed by atoms with van der Waals surface area (Å²) in [4.78, 5) is 23.2. The largest absolute Gasteiger partial charge is 0.396 e. The van der Waals surface area contributed by atoms with Crippen molar-refractivity contribution in [2.24, 2.45) is 5.41 Å². The summed E-state index contributed by atoms with van der Waals surface area (Å²) in [5.74, 6) is -0.145. The van der Waals surface area contributed by atoms with E-state index in [1.165, 1.54) is 19.3 Å². The monoisotopic (exact) mass is 300 g/mol. The molecule has 0 aliphatic carbocycles. The van der Waals surface area contributed by atoms with Gasteiger partial charge < -0.3 is 15.7 Å². The van der Waals surface area contributed by atoms with Crippen molar-refractivity contribution in [2.75, 3.05) is 19.7 Å². The third-order valence-corrected chi connectivity index (χ3v) is 3.34. The third-order valence-electron chi connectivity index (χ3n) is 3.34. The van der Waals surface area contributed by atoms with Crippen LogP contribution in [0, 0.1) is 5.41 Å². The molecule has 3 N–H and O–H groups in total. The maximum atomic E-state index is 11.6. The molecule has 5 heteroatoms. The molecule has 0 unspecified atom stereocenters. The zero-order chi connectivity index (χ0) is 16.1. The smallest absolute Gasteiger partial charge is 0.221 e. The molecular formula is C16H32N2O3. The summed E-state index contributed by atoms with van der Waals surface area (Å²) < 4.78 is 0. The number of aliphatic hydroxyl groups is 1. The molecule has 0 saturated heterocycles. The average molecular weight is 300 g/mol.